The molecule has 0 aliphatic carbocycles. The van der Waals surface area contributed by atoms with Crippen LogP contribution in [-0.2, 0) is 10.0 Å². The van der Waals surface area contributed by atoms with E-state index in [4.69, 9.17) is 0 Å². The van der Waals surface area contributed by atoms with Crippen LogP contribution in [0.3, 0.4) is 0 Å². The van der Waals surface area contributed by atoms with Crippen molar-refractivity contribution in [1.82, 2.24) is 10.0 Å². The van der Waals surface area contributed by atoms with Crippen molar-refractivity contribution in [2.75, 3.05) is 18.8 Å². The predicted octanol–water partition coefficient (Wildman–Crippen LogP) is 1.81. The lowest BCUT2D eigenvalue weighted by Gasteiger charge is -2.23. The van der Waals surface area contributed by atoms with Gasteiger partial charge in [-0.3, -0.25) is 0 Å². The molecule has 2 rings (SSSR count). The van der Waals surface area contributed by atoms with Crippen LogP contribution in [0.1, 0.15) is 31.4 Å². The molecule has 0 spiro atoms. The van der Waals surface area contributed by atoms with Crippen molar-refractivity contribution >= 4 is 10.0 Å². The fraction of sp³-hybridized carbons (Fsp3) is 0.571. The third-order valence-corrected chi connectivity index (χ3v) is 5.26. The highest BCUT2D eigenvalue weighted by atomic mass is 32.2. The molecule has 6 heteroatoms. The Kier molecular flexibility index (Phi) is 5.12. The van der Waals surface area contributed by atoms with Gasteiger partial charge in [0.25, 0.3) is 0 Å². The van der Waals surface area contributed by atoms with Gasteiger partial charge >= 0.3 is 0 Å². The van der Waals surface area contributed by atoms with E-state index in [1.54, 1.807) is 25.1 Å². The molecule has 4 nitrogen and oxygen atoms in total. The molecule has 1 heterocycles. The number of piperidine rings is 1. The molecule has 1 aliphatic rings. The normalized spacial score (nSPS) is 18.9. The van der Waals surface area contributed by atoms with E-state index >= 15 is 0 Å². The molecule has 0 aromatic heterocycles. The molecule has 0 radical (unpaired) electrons. The first-order chi connectivity index (χ1) is 9.48. The average Bonchev–Trinajstić information content (AvgIpc) is 2.39. The maximum Gasteiger partial charge on any atom is 0.212 e. The van der Waals surface area contributed by atoms with E-state index in [0.29, 0.717) is 5.56 Å². The standard InChI is InChI=1S/C14H21FN2O2S/c1-11(13-4-2-3-5-14(13)15)17-20(18,19)10-12-6-8-16-9-7-12/h2-5,11-12,16-17H,6-10H2,1H3. The van der Waals surface area contributed by atoms with Gasteiger partial charge in [0.1, 0.15) is 5.82 Å². The maximum absolute atomic E-state index is 13.6. The fourth-order valence-corrected chi connectivity index (χ4v) is 4.28. The zero-order valence-electron chi connectivity index (χ0n) is 11.6. The minimum atomic E-state index is -3.39. The predicted molar refractivity (Wildman–Crippen MR) is 77.3 cm³/mol. The summed E-state index contributed by atoms with van der Waals surface area (Å²) < 4.78 is 40.5. The van der Waals surface area contributed by atoms with Crippen LogP contribution >= 0.6 is 0 Å². The average molecular weight is 300 g/mol. The van der Waals surface area contributed by atoms with Crippen LogP contribution in [0.4, 0.5) is 4.39 Å². The summed E-state index contributed by atoms with van der Waals surface area (Å²) in [5, 5.41) is 3.21. The Balaban J connectivity index is 1.98. The monoisotopic (exact) mass is 300 g/mol. The van der Waals surface area contributed by atoms with Crippen LogP contribution in [-0.4, -0.2) is 27.3 Å². The van der Waals surface area contributed by atoms with Crippen LogP contribution < -0.4 is 10.0 Å². The Morgan fingerprint density at radius 3 is 2.65 bits per heavy atom. The Morgan fingerprint density at radius 1 is 1.35 bits per heavy atom. The second kappa shape index (κ2) is 6.65. The second-order valence-corrected chi connectivity index (χ2v) is 7.13. The molecule has 1 aromatic rings. The van der Waals surface area contributed by atoms with Gasteiger partial charge in [0.05, 0.1) is 5.75 Å². The Hall–Kier alpha value is -0.980. The van der Waals surface area contributed by atoms with Gasteiger partial charge < -0.3 is 5.32 Å². The molecule has 2 N–H and O–H groups in total. The van der Waals surface area contributed by atoms with E-state index in [-0.39, 0.29) is 17.5 Å². The highest BCUT2D eigenvalue weighted by Crippen LogP contribution is 2.19. The van der Waals surface area contributed by atoms with E-state index in [9.17, 15) is 12.8 Å². The molecule has 0 saturated carbocycles. The van der Waals surface area contributed by atoms with Crippen molar-refractivity contribution < 1.29 is 12.8 Å². The lowest BCUT2D eigenvalue weighted by Crippen LogP contribution is -2.36. The lowest BCUT2D eigenvalue weighted by molar-refractivity contribution is 0.399. The van der Waals surface area contributed by atoms with Crippen LogP contribution in [0.2, 0.25) is 0 Å². The van der Waals surface area contributed by atoms with Crippen molar-refractivity contribution in [1.29, 1.82) is 0 Å². The SMILES string of the molecule is CC(NS(=O)(=O)CC1CCNCC1)c1ccccc1F. The number of halogens is 1. The minimum Gasteiger partial charge on any atom is -0.317 e. The Morgan fingerprint density at radius 2 is 2.00 bits per heavy atom. The third-order valence-electron chi connectivity index (χ3n) is 3.64. The van der Waals surface area contributed by atoms with Crippen LogP contribution in [0.15, 0.2) is 24.3 Å². The molecule has 1 saturated heterocycles. The minimum absolute atomic E-state index is 0.119. The van der Waals surface area contributed by atoms with Crippen molar-refractivity contribution in [3.8, 4) is 0 Å². The van der Waals surface area contributed by atoms with Crippen LogP contribution in [0.5, 0.6) is 0 Å². The highest BCUT2D eigenvalue weighted by Gasteiger charge is 2.23. The summed E-state index contributed by atoms with van der Waals surface area (Å²) in [6, 6.07) is 5.69. The number of rotatable bonds is 5. The summed E-state index contributed by atoms with van der Waals surface area (Å²) in [4.78, 5) is 0. The van der Waals surface area contributed by atoms with Gasteiger partial charge in [0, 0.05) is 11.6 Å². The summed E-state index contributed by atoms with van der Waals surface area (Å²) in [5.41, 5.74) is 0.376. The summed E-state index contributed by atoms with van der Waals surface area (Å²) in [5.74, 6) is -0.0841. The molecule has 1 aliphatic heterocycles. The number of sulfonamides is 1. The van der Waals surface area contributed by atoms with Gasteiger partial charge in [-0.25, -0.2) is 17.5 Å². The summed E-state index contributed by atoms with van der Waals surface area (Å²) >= 11 is 0. The zero-order valence-corrected chi connectivity index (χ0v) is 12.4. The summed E-state index contributed by atoms with van der Waals surface area (Å²) in [6.07, 6.45) is 1.74. The van der Waals surface area contributed by atoms with E-state index in [1.165, 1.54) is 6.07 Å². The quantitative estimate of drug-likeness (QED) is 0.872. The largest absolute Gasteiger partial charge is 0.317 e. The summed E-state index contributed by atoms with van der Waals surface area (Å²) in [7, 11) is -3.39. The molecular formula is C14H21FN2O2S. The molecule has 0 bridgehead atoms. The molecule has 1 unspecified atom stereocenters. The molecule has 20 heavy (non-hydrogen) atoms. The number of hydrogen-bond donors (Lipinski definition) is 2. The Bertz CT molecular complexity index is 542. The first-order valence-corrected chi connectivity index (χ1v) is 8.58. The van der Waals surface area contributed by atoms with E-state index < -0.39 is 16.1 Å². The molecule has 112 valence electrons. The van der Waals surface area contributed by atoms with Crippen molar-refractivity contribution in [2.45, 2.75) is 25.8 Å². The summed E-state index contributed by atoms with van der Waals surface area (Å²) in [6.45, 7) is 3.39. The molecule has 0 amide bonds. The third kappa shape index (κ3) is 4.26. The van der Waals surface area contributed by atoms with E-state index in [1.807, 2.05) is 0 Å². The zero-order chi connectivity index (χ0) is 14.6. The second-order valence-electron chi connectivity index (χ2n) is 5.34. The Labute approximate surface area is 119 Å². The van der Waals surface area contributed by atoms with Crippen molar-refractivity contribution in [3.05, 3.63) is 35.6 Å². The molecule has 1 fully saturated rings. The maximum atomic E-state index is 13.6. The first-order valence-electron chi connectivity index (χ1n) is 6.93. The van der Waals surface area contributed by atoms with Crippen LogP contribution in [0.25, 0.3) is 0 Å². The number of hydrogen-bond acceptors (Lipinski definition) is 3. The van der Waals surface area contributed by atoms with Crippen molar-refractivity contribution in [2.24, 2.45) is 5.92 Å². The van der Waals surface area contributed by atoms with Gasteiger partial charge in [-0.1, -0.05) is 18.2 Å². The van der Waals surface area contributed by atoms with E-state index in [2.05, 4.69) is 10.0 Å². The molecular weight excluding hydrogens is 279 g/mol. The number of benzene rings is 1. The van der Waals surface area contributed by atoms with Crippen molar-refractivity contribution in [3.63, 3.8) is 0 Å². The van der Waals surface area contributed by atoms with Gasteiger partial charge in [0.2, 0.25) is 10.0 Å². The molecule has 1 atom stereocenters. The smallest absolute Gasteiger partial charge is 0.212 e. The molecule has 1 aromatic carbocycles. The van der Waals surface area contributed by atoms with Gasteiger partial charge in [-0.15, -0.1) is 0 Å². The highest BCUT2D eigenvalue weighted by molar-refractivity contribution is 7.89. The van der Waals surface area contributed by atoms with Gasteiger partial charge in [0.15, 0.2) is 0 Å². The van der Waals surface area contributed by atoms with Gasteiger partial charge in [-0.2, -0.15) is 0 Å². The fourth-order valence-electron chi connectivity index (χ4n) is 2.57. The lowest BCUT2D eigenvalue weighted by atomic mass is 10.0. The topological polar surface area (TPSA) is 58.2 Å². The van der Waals surface area contributed by atoms with Crippen LogP contribution in [0, 0.1) is 11.7 Å². The first kappa shape index (κ1) is 15.4. The number of nitrogens with one attached hydrogen (secondary N) is 2. The van der Waals surface area contributed by atoms with Gasteiger partial charge in [-0.05, 0) is 44.8 Å². The van der Waals surface area contributed by atoms with E-state index in [0.717, 1.165) is 25.9 Å².